The van der Waals surface area contributed by atoms with E-state index in [1.54, 1.807) is 18.2 Å². The van der Waals surface area contributed by atoms with Gasteiger partial charge in [-0.05, 0) is 12.1 Å². The first-order valence-corrected chi connectivity index (χ1v) is 5.99. The zero-order valence-electron chi connectivity index (χ0n) is 10.2. The van der Waals surface area contributed by atoms with E-state index in [1.807, 2.05) is 0 Å². The summed E-state index contributed by atoms with van der Waals surface area (Å²) in [6.45, 7) is -0.277. The third-order valence-electron chi connectivity index (χ3n) is 2.64. The van der Waals surface area contributed by atoms with Gasteiger partial charge >= 0.3 is 0 Å². The third kappa shape index (κ3) is 3.10. The molecule has 0 spiro atoms. The van der Waals surface area contributed by atoms with Crippen LogP contribution in [0.2, 0.25) is 5.02 Å². The van der Waals surface area contributed by atoms with E-state index in [0.717, 1.165) is 22.9 Å². The molecule has 1 aromatic heterocycles. The van der Waals surface area contributed by atoms with Crippen LogP contribution in [0, 0.1) is 10.1 Å². The third-order valence-corrected chi connectivity index (χ3v) is 2.87. The lowest BCUT2D eigenvalue weighted by Crippen LogP contribution is -2.23. The lowest BCUT2D eigenvalue weighted by molar-refractivity contribution is -0.385. The van der Waals surface area contributed by atoms with Crippen LogP contribution in [0.5, 0.6) is 0 Å². The second kappa shape index (κ2) is 5.66. The van der Waals surface area contributed by atoms with Gasteiger partial charge in [-0.3, -0.25) is 19.7 Å². The molecule has 0 aliphatic heterocycles. The zero-order chi connectivity index (χ0) is 14.7. The molecular weight excluding hydrogens is 284 g/mol. The van der Waals surface area contributed by atoms with Crippen molar-refractivity contribution in [1.82, 2.24) is 4.57 Å². The van der Waals surface area contributed by atoms with E-state index in [-0.39, 0.29) is 18.0 Å². The summed E-state index contributed by atoms with van der Waals surface area (Å²) in [7, 11) is 0. The van der Waals surface area contributed by atoms with Gasteiger partial charge in [0.15, 0.2) is 5.78 Å². The Morgan fingerprint density at radius 1 is 1.30 bits per heavy atom. The number of benzene rings is 1. The second-order valence-electron chi connectivity index (χ2n) is 4.04. The molecule has 0 atom stereocenters. The Bertz CT molecular complexity index is 739. The lowest BCUT2D eigenvalue weighted by atomic mass is 10.1. The van der Waals surface area contributed by atoms with Crippen LogP contribution in [0.15, 0.2) is 47.4 Å². The van der Waals surface area contributed by atoms with Crippen LogP contribution in [-0.2, 0) is 6.54 Å². The van der Waals surface area contributed by atoms with Gasteiger partial charge in [0.1, 0.15) is 0 Å². The summed E-state index contributed by atoms with van der Waals surface area (Å²) in [6, 6.07) is 8.44. The zero-order valence-corrected chi connectivity index (χ0v) is 10.9. The smallest absolute Gasteiger partial charge is 0.285 e. The number of rotatable bonds is 4. The molecule has 6 nitrogen and oxygen atoms in total. The number of carbonyl (C=O) groups is 1. The van der Waals surface area contributed by atoms with Gasteiger partial charge in [0.05, 0.1) is 17.7 Å². The van der Waals surface area contributed by atoms with Crippen molar-refractivity contribution in [1.29, 1.82) is 0 Å². The molecule has 0 saturated carbocycles. The normalized spacial score (nSPS) is 10.2. The number of ketones is 1. The summed E-state index contributed by atoms with van der Waals surface area (Å²) >= 11 is 5.78. The molecule has 0 bridgehead atoms. The average molecular weight is 293 g/mol. The quantitative estimate of drug-likeness (QED) is 0.492. The first kappa shape index (κ1) is 14.0. The maximum atomic E-state index is 12.0. The molecule has 7 heteroatoms. The molecule has 0 radical (unpaired) electrons. The van der Waals surface area contributed by atoms with Crippen molar-refractivity contribution in [2.24, 2.45) is 0 Å². The molecule has 2 aromatic rings. The topological polar surface area (TPSA) is 82.2 Å². The lowest BCUT2D eigenvalue weighted by Gasteiger charge is -2.05. The molecule has 1 heterocycles. The average Bonchev–Trinajstić information content (AvgIpc) is 2.41. The molecular formula is C13H9ClN2O4. The highest BCUT2D eigenvalue weighted by Crippen LogP contribution is 2.12. The summed E-state index contributed by atoms with van der Waals surface area (Å²) in [5.41, 5.74) is -0.384. The molecule has 0 saturated heterocycles. The number of halogens is 1. The summed E-state index contributed by atoms with van der Waals surface area (Å²) in [6.07, 6.45) is 1.05. The summed E-state index contributed by atoms with van der Waals surface area (Å²) in [4.78, 5) is 33.6. The highest BCUT2D eigenvalue weighted by Gasteiger charge is 2.12. The Labute approximate surface area is 118 Å². The van der Waals surface area contributed by atoms with Crippen LogP contribution < -0.4 is 5.56 Å². The van der Waals surface area contributed by atoms with Gasteiger partial charge in [-0.15, -0.1) is 0 Å². The molecule has 2 rings (SSSR count). The van der Waals surface area contributed by atoms with E-state index >= 15 is 0 Å². The first-order chi connectivity index (χ1) is 9.47. The fourth-order valence-corrected chi connectivity index (χ4v) is 1.85. The van der Waals surface area contributed by atoms with Crippen molar-refractivity contribution in [3.8, 4) is 0 Å². The summed E-state index contributed by atoms with van der Waals surface area (Å²) in [5, 5.41) is 11.1. The minimum atomic E-state index is -0.625. The summed E-state index contributed by atoms with van der Waals surface area (Å²) < 4.78 is 1.00. The molecule has 1 aromatic carbocycles. The number of nitrogens with zero attached hydrogens (tertiary/aromatic N) is 2. The number of carbonyl (C=O) groups excluding carboxylic acids is 1. The molecule has 0 amide bonds. The number of nitro groups is 1. The van der Waals surface area contributed by atoms with Gasteiger partial charge in [0.2, 0.25) is 0 Å². The minimum Gasteiger partial charge on any atom is -0.301 e. The highest BCUT2D eigenvalue weighted by atomic mass is 35.5. The van der Waals surface area contributed by atoms with Crippen LogP contribution in [0.1, 0.15) is 10.4 Å². The van der Waals surface area contributed by atoms with E-state index in [1.165, 1.54) is 6.07 Å². The Morgan fingerprint density at radius 3 is 2.70 bits per heavy atom. The minimum absolute atomic E-state index is 0.247. The van der Waals surface area contributed by atoms with Crippen LogP contribution in [-0.4, -0.2) is 15.3 Å². The maximum Gasteiger partial charge on any atom is 0.285 e. The van der Waals surface area contributed by atoms with Gasteiger partial charge in [0.25, 0.3) is 11.2 Å². The van der Waals surface area contributed by atoms with Crippen molar-refractivity contribution in [2.75, 3.05) is 0 Å². The number of pyridine rings is 1. The predicted molar refractivity (Wildman–Crippen MR) is 73.1 cm³/mol. The Hall–Kier alpha value is -2.47. The van der Waals surface area contributed by atoms with Crippen molar-refractivity contribution in [2.45, 2.75) is 6.54 Å². The number of hydrogen-bond acceptors (Lipinski definition) is 4. The van der Waals surface area contributed by atoms with E-state index < -0.39 is 10.5 Å². The van der Waals surface area contributed by atoms with Gasteiger partial charge in [-0.1, -0.05) is 23.7 Å². The van der Waals surface area contributed by atoms with Gasteiger partial charge in [-0.25, -0.2) is 0 Å². The number of Topliss-reactive ketones (excluding diaryl/α,β-unsaturated/α-hetero) is 1. The molecule has 20 heavy (non-hydrogen) atoms. The van der Waals surface area contributed by atoms with Gasteiger partial charge in [-0.2, -0.15) is 0 Å². The molecule has 0 aliphatic rings. The maximum absolute atomic E-state index is 12.0. The Balaban J connectivity index is 2.30. The van der Waals surface area contributed by atoms with Crippen molar-refractivity contribution < 1.29 is 9.72 Å². The van der Waals surface area contributed by atoms with E-state index in [2.05, 4.69) is 0 Å². The first-order valence-electron chi connectivity index (χ1n) is 5.61. The monoisotopic (exact) mass is 292 g/mol. The SMILES string of the molecule is O=C(Cn1cc([N+](=O)[O-])ccc1=O)c1cccc(Cl)c1. The fourth-order valence-electron chi connectivity index (χ4n) is 1.66. The van der Waals surface area contributed by atoms with E-state index in [9.17, 15) is 19.7 Å². The fraction of sp³-hybridized carbons (Fsp3) is 0.0769. The molecule has 0 aliphatic carbocycles. The number of hydrogen-bond donors (Lipinski definition) is 0. The van der Waals surface area contributed by atoms with Crippen molar-refractivity contribution in [3.05, 3.63) is 73.6 Å². The molecule has 0 N–H and O–H groups in total. The van der Waals surface area contributed by atoms with E-state index in [0.29, 0.717) is 10.6 Å². The second-order valence-corrected chi connectivity index (χ2v) is 4.48. The van der Waals surface area contributed by atoms with Crippen LogP contribution >= 0.6 is 11.6 Å². The Morgan fingerprint density at radius 2 is 2.05 bits per heavy atom. The molecule has 102 valence electrons. The van der Waals surface area contributed by atoms with E-state index in [4.69, 9.17) is 11.6 Å². The molecule has 0 unspecified atom stereocenters. The van der Waals surface area contributed by atoms with Crippen LogP contribution in [0.25, 0.3) is 0 Å². The van der Waals surface area contributed by atoms with Gasteiger partial charge in [0, 0.05) is 22.7 Å². The molecule has 0 fully saturated rings. The Kier molecular flexibility index (Phi) is 3.95. The van der Waals surface area contributed by atoms with Crippen LogP contribution in [0.3, 0.4) is 0 Å². The summed E-state index contributed by atoms with van der Waals surface area (Å²) in [5.74, 6) is -0.352. The highest BCUT2D eigenvalue weighted by molar-refractivity contribution is 6.31. The largest absolute Gasteiger partial charge is 0.301 e. The number of aromatic nitrogens is 1. The van der Waals surface area contributed by atoms with Crippen molar-refractivity contribution in [3.63, 3.8) is 0 Å². The van der Waals surface area contributed by atoms with Crippen molar-refractivity contribution >= 4 is 23.1 Å². The predicted octanol–water partition coefficient (Wildman–Crippen LogP) is 2.29. The standard InChI is InChI=1S/C13H9ClN2O4/c14-10-3-1-2-9(6-10)12(17)8-15-7-11(16(19)20)4-5-13(15)18/h1-7H,8H2. The van der Waals surface area contributed by atoms with Gasteiger partial charge < -0.3 is 4.57 Å². The van der Waals surface area contributed by atoms with Crippen LogP contribution in [0.4, 0.5) is 5.69 Å².